The average molecular weight is 166 g/mol. The van der Waals surface area contributed by atoms with Gasteiger partial charge in [-0.25, -0.2) is 0 Å². The van der Waals surface area contributed by atoms with E-state index in [9.17, 15) is 0 Å². The van der Waals surface area contributed by atoms with Crippen LogP contribution in [0.25, 0.3) is 0 Å². The highest BCUT2D eigenvalue weighted by molar-refractivity contribution is 5.31. The Morgan fingerprint density at radius 1 is 1.25 bits per heavy atom. The van der Waals surface area contributed by atoms with Crippen LogP contribution in [0.5, 0.6) is 0 Å². The topological polar surface area (TPSA) is 38.0 Å². The Labute approximate surface area is 74.8 Å². The van der Waals surface area contributed by atoms with Crippen molar-refractivity contribution in [3.05, 3.63) is 35.6 Å². The van der Waals surface area contributed by atoms with Crippen molar-refractivity contribution in [1.82, 2.24) is 5.32 Å². The van der Waals surface area contributed by atoms with Crippen molar-refractivity contribution < 1.29 is 0 Å². The fourth-order valence-corrected chi connectivity index (χ4v) is 0.935. The van der Waals surface area contributed by atoms with Crippen LogP contribution in [0.15, 0.2) is 35.6 Å². The summed E-state index contributed by atoms with van der Waals surface area (Å²) in [6.07, 6.45) is 7.86. The zero-order valence-corrected chi connectivity index (χ0v) is 8.09. The van der Waals surface area contributed by atoms with E-state index in [1.165, 1.54) is 0 Å². The van der Waals surface area contributed by atoms with E-state index in [4.69, 9.17) is 5.73 Å². The summed E-state index contributed by atoms with van der Waals surface area (Å²) in [6, 6.07) is 0. The van der Waals surface area contributed by atoms with Crippen molar-refractivity contribution >= 4 is 0 Å². The van der Waals surface area contributed by atoms with Gasteiger partial charge in [-0.2, -0.15) is 0 Å². The monoisotopic (exact) mass is 166 g/mol. The highest BCUT2D eigenvalue weighted by Crippen LogP contribution is 2.01. The molecule has 0 aliphatic heterocycles. The van der Waals surface area contributed by atoms with E-state index in [1.54, 1.807) is 0 Å². The predicted octanol–water partition coefficient (Wildman–Crippen LogP) is 1.57. The summed E-state index contributed by atoms with van der Waals surface area (Å²) in [5.74, 6) is 0. The van der Waals surface area contributed by atoms with Gasteiger partial charge < -0.3 is 11.1 Å². The summed E-state index contributed by atoms with van der Waals surface area (Å²) in [5.41, 5.74) is 7.75. The minimum Gasteiger partial charge on any atom is -0.398 e. The first-order valence-electron chi connectivity index (χ1n) is 4.14. The van der Waals surface area contributed by atoms with E-state index in [-0.39, 0.29) is 0 Å². The Morgan fingerprint density at radius 3 is 2.25 bits per heavy atom. The van der Waals surface area contributed by atoms with Gasteiger partial charge in [-0.3, -0.25) is 0 Å². The van der Waals surface area contributed by atoms with Crippen molar-refractivity contribution in [3.63, 3.8) is 0 Å². The second kappa shape index (κ2) is 6.68. The van der Waals surface area contributed by atoms with Gasteiger partial charge in [0.15, 0.2) is 0 Å². The molecular weight excluding hydrogens is 148 g/mol. The van der Waals surface area contributed by atoms with E-state index >= 15 is 0 Å². The average Bonchev–Trinajstić information content (AvgIpc) is 2.04. The first kappa shape index (κ1) is 11.0. The molecule has 0 rings (SSSR count). The molecule has 2 heteroatoms. The molecule has 12 heavy (non-hydrogen) atoms. The molecule has 0 aromatic rings. The maximum Gasteiger partial charge on any atom is 0.0356 e. The molecule has 0 atom stereocenters. The smallest absolute Gasteiger partial charge is 0.0356 e. The van der Waals surface area contributed by atoms with Crippen LogP contribution >= 0.6 is 0 Å². The molecule has 3 N–H and O–H groups in total. The van der Waals surface area contributed by atoms with Crippen molar-refractivity contribution in [2.24, 2.45) is 5.73 Å². The van der Waals surface area contributed by atoms with E-state index < -0.39 is 0 Å². The Bertz CT molecular complexity index is 200. The van der Waals surface area contributed by atoms with Crippen LogP contribution in [0.3, 0.4) is 0 Å². The fourth-order valence-electron chi connectivity index (χ4n) is 0.935. The first-order chi connectivity index (χ1) is 5.76. The predicted molar refractivity (Wildman–Crippen MR) is 54.8 cm³/mol. The molecule has 0 unspecified atom stereocenters. The van der Waals surface area contributed by atoms with Crippen molar-refractivity contribution in [2.45, 2.75) is 13.8 Å². The third kappa shape index (κ3) is 3.98. The summed E-state index contributed by atoms with van der Waals surface area (Å²) < 4.78 is 0. The second-order valence-corrected chi connectivity index (χ2v) is 2.51. The lowest BCUT2D eigenvalue weighted by Crippen LogP contribution is -2.13. The molecule has 0 fully saturated rings. The Morgan fingerprint density at radius 2 is 1.83 bits per heavy atom. The van der Waals surface area contributed by atoms with Crippen LogP contribution in [0.2, 0.25) is 0 Å². The molecule has 0 amide bonds. The van der Waals surface area contributed by atoms with Crippen molar-refractivity contribution in [2.75, 3.05) is 13.6 Å². The van der Waals surface area contributed by atoms with Crippen LogP contribution in [-0.4, -0.2) is 13.6 Å². The maximum atomic E-state index is 5.80. The fraction of sp³-hybridized carbons (Fsp3) is 0.400. The van der Waals surface area contributed by atoms with Gasteiger partial charge in [0.05, 0.1) is 0 Å². The van der Waals surface area contributed by atoms with Gasteiger partial charge in [-0.15, -0.1) is 0 Å². The van der Waals surface area contributed by atoms with Gasteiger partial charge in [0.25, 0.3) is 0 Å². The highest BCUT2D eigenvalue weighted by atomic mass is 14.8. The first-order valence-corrected chi connectivity index (χ1v) is 4.14. The Balaban J connectivity index is 4.54. The number of hydrogen-bond donors (Lipinski definition) is 2. The molecule has 0 aromatic heterocycles. The standard InChI is InChI=1S/C10H18N2/c1-4-6-9(8-12-3)10(11)7-5-2/h4-7,12H,8,11H2,1-3H3/b6-4-,7-5-,10-9-. The molecule has 0 saturated heterocycles. The number of rotatable bonds is 4. The van der Waals surface area contributed by atoms with Gasteiger partial charge in [-0.1, -0.05) is 18.2 Å². The number of nitrogens with two attached hydrogens (primary N) is 1. The molecule has 0 aromatic carbocycles. The summed E-state index contributed by atoms with van der Waals surface area (Å²) in [7, 11) is 1.91. The van der Waals surface area contributed by atoms with Crippen LogP contribution in [0.4, 0.5) is 0 Å². The maximum absolute atomic E-state index is 5.80. The molecule has 0 spiro atoms. The summed E-state index contributed by atoms with van der Waals surface area (Å²) in [5, 5.41) is 3.07. The minimum atomic E-state index is 0.806. The lowest BCUT2D eigenvalue weighted by molar-refractivity contribution is 0.887. The molecule has 0 heterocycles. The van der Waals surface area contributed by atoms with Gasteiger partial charge in [0.1, 0.15) is 0 Å². The number of allylic oxidation sites excluding steroid dienone is 3. The van der Waals surface area contributed by atoms with E-state index in [0.29, 0.717) is 0 Å². The Kier molecular flexibility index (Phi) is 6.11. The van der Waals surface area contributed by atoms with Gasteiger partial charge in [-0.05, 0) is 32.5 Å². The number of likely N-dealkylation sites (N-methyl/N-ethyl adjacent to an activating group) is 1. The minimum absolute atomic E-state index is 0.806. The molecular formula is C10H18N2. The van der Waals surface area contributed by atoms with Crippen LogP contribution in [0, 0.1) is 0 Å². The molecule has 0 aliphatic carbocycles. The van der Waals surface area contributed by atoms with E-state index in [0.717, 1.165) is 17.8 Å². The SMILES string of the molecule is C\C=C/C(N)=C(\C=C/C)CNC. The molecule has 0 aliphatic rings. The van der Waals surface area contributed by atoms with Gasteiger partial charge >= 0.3 is 0 Å². The molecule has 0 saturated carbocycles. The van der Waals surface area contributed by atoms with Crippen LogP contribution < -0.4 is 11.1 Å². The van der Waals surface area contributed by atoms with E-state index in [1.807, 2.05) is 45.2 Å². The lowest BCUT2D eigenvalue weighted by atomic mass is 10.2. The van der Waals surface area contributed by atoms with Gasteiger partial charge in [0.2, 0.25) is 0 Å². The van der Waals surface area contributed by atoms with Crippen LogP contribution in [0.1, 0.15) is 13.8 Å². The molecule has 68 valence electrons. The van der Waals surface area contributed by atoms with Crippen LogP contribution in [-0.2, 0) is 0 Å². The second-order valence-electron chi connectivity index (χ2n) is 2.51. The highest BCUT2D eigenvalue weighted by Gasteiger charge is 1.93. The molecule has 2 nitrogen and oxygen atoms in total. The summed E-state index contributed by atoms with van der Waals surface area (Å²) in [4.78, 5) is 0. The lowest BCUT2D eigenvalue weighted by Gasteiger charge is -2.03. The number of hydrogen-bond acceptors (Lipinski definition) is 2. The third-order valence-corrected chi connectivity index (χ3v) is 1.45. The normalized spacial score (nSPS) is 14.2. The van der Waals surface area contributed by atoms with E-state index in [2.05, 4.69) is 5.32 Å². The quantitative estimate of drug-likeness (QED) is 0.622. The van der Waals surface area contributed by atoms with Crippen molar-refractivity contribution in [3.8, 4) is 0 Å². The zero-order valence-electron chi connectivity index (χ0n) is 8.09. The molecule has 0 radical (unpaired) electrons. The largest absolute Gasteiger partial charge is 0.398 e. The third-order valence-electron chi connectivity index (χ3n) is 1.45. The number of nitrogens with one attached hydrogen (secondary N) is 1. The Hall–Kier alpha value is -1.02. The summed E-state index contributed by atoms with van der Waals surface area (Å²) in [6.45, 7) is 4.75. The van der Waals surface area contributed by atoms with Crippen molar-refractivity contribution in [1.29, 1.82) is 0 Å². The molecule has 0 bridgehead atoms. The van der Waals surface area contributed by atoms with Gasteiger partial charge in [0, 0.05) is 12.2 Å². The zero-order chi connectivity index (χ0) is 9.40. The summed E-state index contributed by atoms with van der Waals surface area (Å²) >= 11 is 0.